The molecule has 1 fully saturated rings. The van der Waals surface area contributed by atoms with E-state index in [9.17, 15) is 27.8 Å². The maximum atomic E-state index is 13.3. The molecule has 3 atom stereocenters. The first-order valence-corrected chi connectivity index (χ1v) is 14.5. The number of halogens is 1. The van der Waals surface area contributed by atoms with Gasteiger partial charge in [0, 0.05) is 17.5 Å². The molecular weight excluding hydrogens is 517 g/mol. The molecule has 4 aromatic carbocycles. The molecule has 4 aromatic rings. The normalized spacial score (nSPS) is 18.0. The third-order valence-electron chi connectivity index (χ3n) is 7.19. The number of nitrogens with zero attached hydrogens (tertiary/aromatic N) is 1. The summed E-state index contributed by atoms with van der Waals surface area (Å²) in [7, 11) is -3.41. The Kier molecular flexibility index (Phi) is 7.25. The van der Waals surface area contributed by atoms with Crippen LogP contribution in [0.5, 0.6) is 5.75 Å². The first kappa shape index (κ1) is 26.6. The Hall–Kier alpha value is -4.01. The van der Waals surface area contributed by atoms with Crippen molar-refractivity contribution < 1.29 is 27.8 Å². The predicted octanol–water partition coefficient (Wildman–Crippen LogP) is 5.82. The van der Waals surface area contributed by atoms with Gasteiger partial charge in [0.15, 0.2) is 9.84 Å². The van der Waals surface area contributed by atoms with Gasteiger partial charge in [0.25, 0.3) is 0 Å². The summed E-state index contributed by atoms with van der Waals surface area (Å²) in [6.45, 7) is 0. The maximum absolute atomic E-state index is 13.3. The fourth-order valence-electron chi connectivity index (χ4n) is 5.15. The van der Waals surface area contributed by atoms with Crippen LogP contribution in [0.2, 0.25) is 0 Å². The summed E-state index contributed by atoms with van der Waals surface area (Å²) in [5, 5.41) is 21.6. The van der Waals surface area contributed by atoms with Gasteiger partial charge in [-0.1, -0.05) is 54.6 Å². The van der Waals surface area contributed by atoms with Crippen molar-refractivity contribution in [2.75, 3.05) is 11.2 Å². The number of hydrogen-bond donors (Lipinski definition) is 2. The fourth-order valence-corrected chi connectivity index (χ4v) is 5.81. The van der Waals surface area contributed by atoms with Crippen LogP contribution < -0.4 is 4.90 Å². The second kappa shape index (κ2) is 10.6. The smallest absolute Gasteiger partial charge is 0.233 e. The van der Waals surface area contributed by atoms with E-state index < -0.39 is 21.9 Å². The molecule has 0 radical (unpaired) electrons. The molecule has 0 bridgehead atoms. The van der Waals surface area contributed by atoms with Gasteiger partial charge in [0.1, 0.15) is 11.6 Å². The van der Waals surface area contributed by atoms with Gasteiger partial charge in [-0.2, -0.15) is 0 Å². The average Bonchev–Trinajstić information content (AvgIpc) is 2.92. The molecule has 1 saturated heterocycles. The van der Waals surface area contributed by atoms with E-state index >= 15 is 0 Å². The number of carbonyl (C=O) groups is 1. The summed E-state index contributed by atoms with van der Waals surface area (Å²) < 4.78 is 37.3. The lowest BCUT2D eigenvalue weighted by Crippen LogP contribution is -2.55. The van der Waals surface area contributed by atoms with Gasteiger partial charge in [0.2, 0.25) is 5.91 Å². The van der Waals surface area contributed by atoms with Gasteiger partial charge in [-0.15, -0.1) is 0 Å². The van der Waals surface area contributed by atoms with Crippen LogP contribution in [0.15, 0.2) is 102 Å². The highest BCUT2D eigenvalue weighted by atomic mass is 32.2. The second-order valence-electron chi connectivity index (χ2n) is 9.82. The second-order valence-corrected chi connectivity index (χ2v) is 11.8. The van der Waals surface area contributed by atoms with E-state index in [1.807, 2.05) is 36.4 Å². The van der Waals surface area contributed by atoms with Gasteiger partial charge in [-0.25, -0.2) is 12.8 Å². The molecule has 0 aromatic heterocycles. The standard InChI is InChI=1S/C31H28FNO5S/c1-39(37,38)25-9-5-6-21(18-25)26-15-12-22(19-29(26)35)30-27(31(36)33(30)24-7-3-2-4-8-24)16-17-28(34)20-10-13-23(32)14-11-20/h2-15,18-19,27-28,30,34-35H,16-17H2,1H3/t27?,28-,30+/m0/s1. The largest absolute Gasteiger partial charge is 0.507 e. The minimum absolute atomic E-state index is 0.0318. The molecule has 1 heterocycles. The van der Waals surface area contributed by atoms with E-state index in [-0.39, 0.29) is 28.4 Å². The third-order valence-corrected chi connectivity index (χ3v) is 8.30. The van der Waals surface area contributed by atoms with Crippen LogP contribution in [-0.2, 0) is 14.6 Å². The van der Waals surface area contributed by atoms with Crippen molar-refractivity contribution in [3.8, 4) is 16.9 Å². The Labute approximate surface area is 226 Å². The Morgan fingerprint density at radius 3 is 2.31 bits per heavy atom. The average molecular weight is 546 g/mol. The number of hydrogen-bond acceptors (Lipinski definition) is 5. The monoisotopic (exact) mass is 545 g/mol. The zero-order valence-corrected chi connectivity index (χ0v) is 22.1. The lowest BCUT2D eigenvalue weighted by Gasteiger charge is -2.48. The molecule has 39 heavy (non-hydrogen) atoms. The number of sulfone groups is 1. The number of amides is 1. The van der Waals surface area contributed by atoms with Crippen LogP contribution in [0.3, 0.4) is 0 Å². The Morgan fingerprint density at radius 2 is 1.64 bits per heavy atom. The highest BCUT2D eigenvalue weighted by Gasteiger charge is 2.48. The first-order chi connectivity index (χ1) is 18.6. The summed E-state index contributed by atoms with van der Waals surface area (Å²) >= 11 is 0. The lowest BCUT2D eigenvalue weighted by atomic mass is 9.78. The van der Waals surface area contributed by atoms with Gasteiger partial charge in [-0.3, -0.25) is 4.79 Å². The number of aromatic hydroxyl groups is 1. The molecule has 200 valence electrons. The molecule has 1 aliphatic heterocycles. The first-order valence-electron chi connectivity index (χ1n) is 12.6. The number of benzene rings is 4. The topological polar surface area (TPSA) is 94.9 Å². The number of carbonyl (C=O) groups excluding carboxylic acids is 1. The number of para-hydroxylation sites is 1. The zero-order chi connectivity index (χ0) is 27.7. The van der Waals surface area contributed by atoms with Gasteiger partial charge < -0.3 is 15.1 Å². The highest BCUT2D eigenvalue weighted by Crippen LogP contribution is 2.47. The SMILES string of the molecule is CS(=O)(=O)c1cccc(-c2ccc([C@@H]3C(CC[C@H](O)c4ccc(F)cc4)C(=O)N3c3ccccc3)cc2O)c1. The summed E-state index contributed by atoms with van der Waals surface area (Å²) in [6.07, 6.45) is 0.990. The Morgan fingerprint density at radius 1 is 0.923 bits per heavy atom. The fraction of sp³-hybridized carbons (Fsp3) is 0.194. The molecular formula is C31H28FNO5S. The number of phenolic OH excluding ortho intramolecular Hbond substituents is 1. The molecule has 8 heteroatoms. The molecule has 5 rings (SSSR count). The van der Waals surface area contributed by atoms with Crippen molar-refractivity contribution in [3.05, 3.63) is 114 Å². The van der Waals surface area contributed by atoms with Crippen LogP contribution in [0.1, 0.15) is 36.1 Å². The van der Waals surface area contributed by atoms with Crippen molar-refractivity contribution in [2.45, 2.75) is 29.9 Å². The third kappa shape index (κ3) is 5.44. The Balaban J connectivity index is 1.44. The molecule has 1 aliphatic rings. The summed E-state index contributed by atoms with van der Waals surface area (Å²) in [5.41, 5.74) is 3.07. The minimum Gasteiger partial charge on any atom is -0.507 e. The van der Waals surface area contributed by atoms with Crippen LogP contribution in [0.25, 0.3) is 11.1 Å². The number of aliphatic hydroxyl groups is 1. The van der Waals surface area contributed by atoms with Gasteiger partial charge >= 0.3 is 0 Å². The van der Waals surface area contributed by atoms with Crippen LogP contribution >= 0.6 is 0 Å². The number of aliphatic hydroxyl groups excluding tert-OH is 1. The molecule has 1 unspecified atom stereocenters. The predicted molar refractivity (Wildman–Crippen MR) is 147 cm³/mol. The number of anilines is 1. The zero-order valence-electron chi connectivity index (χ0n) is 21.2. The van der Waals surface area contributed by atoms with E-state index in [0.29, 0.717) is 29.5 Å². The summed E-state index contributed by atoms with van der Waals surface area (Å²) in [4.78, 5) is 15.2. The number of phenols is 1. The Bertz CT molecular complexity index is 1610. The molecule has 0 aliphatic carbocycles. The van der Waals surface area contributed by atoms with Crippen LogP contribution in [0, 0.1) is 11.7 Å². The van der Waals surface area contributed by atoms with E-state index in [0.717, 1.165) is 17.5 Å². The van der Waals surface area contributed by atoms with Crippen molar-refractivity contribution >= 4 is 21.4 Å². The van der Waals surface area contributed by atoms with Crippen molar-refractivity contribution in [1.82, 2.24) is 0 Å². The molecule has 6 nitrogen and oxygen atoms in total. The van der Waals surface area contributed by atoms with Crippen molar-refractivity contribution in [1.29, 1.82) is 0 Å². The van der Waals surface area contributed by atoms with Crippen LogP contribution in [0.4, 0.5) is 10.1 Å². The van der Waals surface area contributed by atoms with Crippen molar-refractivity contribution in [2.24, 2.45) is 5.92 Å². The van der Waals surface area contributed by atoms with E-state index in [1.165, 1.54) is 36.4 Å². The number of β-lactam (4-membered cyclic amide) rings is 1. The van der Waals surface area contributed by atoms with E-state index in [4.69, 9.17) is 0 Å². The molecule has 0 saturated carbocycles. The highest BCUT2D eigenvalue weighted by molar-refractivity contribution is 7.90. The molecule has 1 amide bonds. The summed E-state index contributed by atoms with van der Waals surface area (Å²) in [6, 6.07) is 26.1. The molecule has 0 spiro atoms. The van der Waals surface area contributed by atoms with Gasteiger partial charge in [-0.05, 0) is 72.0 Å². The summed E-state index contributed by atoms with van der Waals surface area (Å²) in [5.74, 6) is -0.929. The number of rotatable bonds is 8. The van der Waals surface area contributed by atoms with E-state index in [1.54, 1.807) is 29.2 Å². The quantitative estimate of drug-likeness (QED) is 0.272. The van der Waals surface area contributed by atoms with Crippen molar-refractivity contribution in [3.63, 3.8) is 0 Å². The molecule has 2 N–H and O–H groups in total. The van der Waals surface area contributed by atoms with E-state index in [2.05, 4.69) is 0 Å². The lowest BCUT2D eigenvalue weighted by molar-refractivity contribution is -0.131. The van der Waals surface area contributed by atoms with Gasteiger partial charge in [0.05, 0.1) is 23.0 Å². The van der Waals surface area contributed by atoms with Crippen LogP contribution in [-0.4, -0.2) is 30.8 Å². The minimum atomic E-state index is -3.41. The maximum Gasteiger partial charge on any atom is 0.233 e.